The van der Waals surface area contributed by atoms with Gasteiger partial charge in [0.15, 0.2) is 0 Å². The van der Waals surface area contributed by atoms with Gasteiger partial charge < -0.3 is 34.2 Å². The molecule has 3 fully saturated rings. The maximum Gasteiger partial charge on any atom is 0.313 e. The molecule has 1 N–H and O–H groups in total. The van der Waals surface area contributed by atoms with Crippen molar-refractivity contribution in [2.75, 3.05) is 43.1 Å². The summed E-state index contributed by atoms with van der Waals surface area (Å²) in [4.78, 5) is 63.7. The number of ether oxygens (including phenoxy) is 2. The molecule has 1 spiro atoms. The van der Waals surface area contributed by atoms with E-state index in [1.165, 1.54) is 4.90 Å². The van der Waals surface area contributed by atoms with E-state index in [1.54, 1.807) is 35.9 Å². The van der Waals surface area contributed by atoms with Crippen LogP contribution in [0.1, 0.15) is 58.6 Å². The third-order valence-corrected chi connectivity index (χ3v) is 12.1. The number of hydrogen-bond acceptors (Lipinski definition) is 8. The lowest BCUT2D eigenvalue weighted by molar-refractivity contribution is -0.165. The molecule has 3 heterocycles. The first-order valence-corrected chi connectivity index (χ1v) is 19.5. The minimum atomic E-state index is -1.37. The second-order valence-electron chi connectivity index (χ2n) is 14.2. The molecule has 3 aliphatic rings. The summed E-state index contributed by atoms with van der Waals surface area (Å²) < 4.78 is 13.1. The zero-order chi connectivity index (χ0) is 38.6. The van der Waals surface area contributed by atoms with Crippen LogP contribution in [0, 0.1) is 11.8 Å². The van der Waals surface area contributed by atoms with Crippen LogP contribution in [0.3, 0.4) is 0 Å². The fourth-order valence-corrected chi connectivity index (χ4v) is 9.28. The number of benzene rings is 2. The number of likely N-dealkylation sites (tertiary alicyclic amines) is 1. The van der Waals surface area contributed by atoms with Crippen LogP contribution in [-0.2, 0) is 28.7 Å². The third kappa shape index (κ3) is 7.42. The van der Waals surface area contributed by atoms with Crippen molar-refractivity contribution >= 4 is 51.0 Å². The van der Waals surface area contributed by atoms with Crippen molar-refractivity contribution in [1.29, 1.82) is 0 Å². The molecular formula is C41H53BrN4O7. The van der Waals surface area contributed by atoms with Gasteiger partial charge in [-0.25, -0.2) is 0 Å². The fourth-order valence-electron chi connectivity index (χ4n) is 8.33. The van der Waals surface area contributed by atoms with Crippen molar-refractivity contribution in [3.63, 3.8) is 0 Å². The Bertz CT molecular complexity index is 1650. The van der Waals surface area contributed by atoms with Gasteiger partial charge in [-0.1, -0.05) is 58.4 Å². The van der Waals surface area contributed by atoms with Crippen molar-refractivity contribution in [2.24, 2.45) is 11.8 Å². The molecule has 3 saturated heterocycles. The lowest BCUT2D eigenvalue weighted by Crippen LogP contribution is -2.58. The van der Waals surface area contributed by atoms with Gasteiger partial charge in [0, 0.05) is 49.3 Å². The fraction of sp³-hybridized carbons (Fsp3) is 0.512. The van der Waals surface area contributed by atoms with Crippen LogP contribution in [0.2, 0.25) is 0 Å². The summed E-state index contributed by atoms with van der Waals surface area (Å²) in [5.74, 6) is -3.68. The number of fused-ring (bicyclic) bond motifs is 1. The SMILES string of the molecule is C=CCCC(=O)N(C)[C@H](C)[C@H](OC(=O)[C@@H]1[C@H]2O[C@@]3(CC2Br)[C@H](C(=O)N(CC=C)c2ccc(N(CC)CC)cc2)N([C@H](C)CO)C(=O)[C@@H]13)c1ccccc1. The van der Waals surface area contributed by atoms with Crippen LogP contribution < -0.4 is 9.80 Å². The number of likely N-dealkylation sites (N-methyl/N-ethyl adjacent to an activating group) is 1. The lowest BCUT2D eigenvalue weighted by atomic mass is 9.70. The molecule has 5 rings (SSSR count). The topological polar surface area (TPSA) is 120 Å². The average Bonchev–Trinajstić information content (AvgIpc) is 3.78. The number of esters is 1. The number of carbonyl (C=O) groups is 4. The Morgan fingerprint density at radius 2 is 1.70 bits per heavy atom. The first kappa shape index (κ1) is 40.2. The van der Waals surface area contributed by atoms with Gasteiger partial charge in [-0.15, -0.1) is 13.2 Å². The average molecular weight is 794 g/mol. The van der Waals surface area contributed by atoms with Crippen molar-refractivity contribution in [2.45, 2.75) is 87.7 Å². The van der Waals surface area contributed by atoms with E-state index in [1.807, 2.05) is 61.5 Å². The second kappa shape index (κ2) is 17.0. The molecule has 1 unspecified atom stereocenters. The summed E-state index contributed by atoms with van der Waals surface area (Å²) >= 11 is 3.74. The standard InChI is InChI=1S/C41H53BrN4O7/c1-8-12-18-32(48)43(7)27(6)35(28-16-14-13-15-17-28)52-40(51)33-34-38(49)46(26(5)25-47)37(41(34)24-31(42)36(33)53-41)39(50)45(23-9-2)30-21-19-29(20-22-30)44(10-3)11-4/h8-9,13-17,19-22,26-27,31,33-37,47H,1-2,10-12,18,23-25H2,3-7H3/t26-,27-,31?,33+,34-,35+,36+,37+,41-/m1/s1. The van der Waals surface area contributed by atoms with Crippen molar-refractivity contribution < 1.29 is 33.8 Å². The number of allylic oxidation sites excluding steroid dienone is 1. The third-order valence-electron chi connectivity index (χ3n) is 11.2. The monoisotopic (exact) mass is 792 g/mol. The van der Waals surface area contributed by atoms with Gasteiger partial charge in [-0.05, 0) is 70.4 Å². The van der Waals surface area contributed by atoms with E-state index in [4.69, 9.17) is 9.47 Å². The van der Waals surface area contributed by atoms with E-state index in [-0.39, 0.29) is 29.6 Å². The first-order chi connectivity index (χ1) is 25.4. The van der Waals surface area contributed by atoms with Crippen LogP contribution in [-0.4, -0.2) is 107 Å². The molecule has 9 atom stereocenters. The van der Waals surface area contributed by atoms with Crippen LogP contribution in [0.5, 0.6) is 0 Å². The van der Waals surface area contributed by atoms with Gasteiger partial charge in [0.1, 0.15) is 17.7 Å². The van der Waals surface area contributed by atoms with Crippen LogP contribution in [0.15, 0.2) is 79.9 Å². The molecule has 3 aliphatic heterocycles. The number of hydrogen-bond donors (Lipinski definition) is 1. The quantitative estimate of drug-likeness (QED) is 0.131. The molecule has 0 saturated carbocycles. The maximum atomic E-state index is 15.0. The Balaban J connectivity index is 1.51. The number of anilines is 2. The smallest absolute Gasteiger partial charge is 0.313 e. The summed E-state index contributed by atoms with van der Waals surface area (Å²) in [6.07, 6.45) is 2.79. The largest absolute Gasteiger partial charge is 0.455 e. The molecule has 0 aliphatic carbocycles. The highest BCUT2D eigenvalue weighted by atomic mass is 79.9. The Morgan fingerprint density at radius 1 is 1.06 bits per heavy atom. The molecule has 12 heteroatoms. The minimum Gasteiger partial charge on any atom is -0.455 e. The van der Waals surface area contributed by atoms with E-state index in [2.05, 4.69) is 47.8 Å². The molecule has 53 heavy (non-hydrogen) atoms. The van der Waals surface area contributed by atoms with E-state index in [0.29, 0.717) is 24.1 Å². The number of nitrogens with zero attached hydrogens (tertiary/aromatic N) is 4. The van der Waals surface area contributed by atoms with Crippen LogP contribution in [0.25, 0.3) is 0 Å². The first-order valence-electron chi connectivity index (χ1n) is 18.5. The molecule has 2 aromatic rings. The predicted molar refractivity (Wildman–Crippen MR) is 209 cm³/mol. The molecular weight excluding hydrogens is 740 g/mol. The highest BCUT2D eigenvalue weighted by Crippen LogP contribution is 2.61. The summed E-state index contributed by atoms with van der Waals surface area (Å²) in [6, 6.07) is 14.5. The van der Waals surface area contributed by atoms with E-state index in [0.717, 1.165) is 18.8 Å². The lowest BCUT2D eigenvalue weighted by Gasteiger charge is -2.38. The molecule has 11 nitrogen and oxygen atoms in total. The van der Waals surface area contributed by atoms with Gasteiger partial charge >= 0.3 is 5.97 Å². The summed E-state index contributed by atoms with van der Waals surface area (Å²) in [5, 5.41) is 10.4. The number of alkyl halides is 1. The summed E-state index contributed by atoms with van der Waals surface area (Å²) in [7, 11) is 1.68. The predicted octanol–water partition coefficient (Wildman–Crippen LogP) is 5.28. The number of halogens is 1. The maximum absolute atomic E-state index is 15.0. The number of rotatable bonds is 17. The van der Waals surface area contributed by atoms with Crippen LogP contribution >= 0.6 is 15.9 Å². The number of amides is 3. The molecule has 286 valence electrons. The van der Waals surface area contributed by atoms with E-state index in [9.17, 15) is 24.3 Å². The number of aliphatic hydroxyl groups is 1. The van der Waals surface area contributed by atoms with Crippen molar-refractivity contribution in [1.82, 2.24) is 9.80 Å². The van der Waals surface area contributed by atoms with Gasteiger partial charge in [-0.2, -0.15) is 0 Å². The molecule has 2 aromatic carbocycles. The van der Waals surface area contributed by atoms with Crippen molar-refractivity contribution in [3.05, 3.63) is 85.5 Å². The normalized spacial score (nSPS) is 26.0. The Labute approximate surface area is 321 Å². The minimum absolute atomic E-state index is 0.121. The van der Waals surface area contributed by atoms with E-state index >= 15 is 0 Å². The highest BCUT2D eigenvalue weighted by molar-refractivity contribution is 9.09. The number of aliphatic hydroxyl groups excluding tert-OH is 1. The molecule has 3 amide bonds. The Morgan fingerprint density at radius 3 is 2.28 bits per heavy atom. The highest BCUT2D eigenvalue weighted by Gasteiger charge is 2.77. The molecule has 2 bridgehead atoms. The van der Waals surface area contributed by atoms with E-state index < -0.39 is 66.3 Å². The van der Waals surface area contributed by atoms with Gasteiger partial charge in [0.2, 0.25) is 11.8 Å². The zero-order valence-electron chi connectivity index (χ0n) is 31.4. The van der Waals surface area contributed by atoms with Gasteiger partial charge in [0.05, 0.1) is 36.6 Å². The molecule has 0 radical (unpaired) electrons. The summed E-state index contributed by atoms with van der Waals surface area (Å²) in [6.45, 7) is 16.7. The summed E-state index contributed by atoms with van der Waals surface area (Å²) in [5.41, 5.74) is 0.970. The second-order valence-corrected chi connectivity index (χ2v) is 15.4. The Kier molecular flexibility index (Phi) is 12.9. The van der Waals surface area contributed by atoms with Gasteiger partial charge in [-0.3, -0.25) is 19.2 Å². The van der Waals surface area contributed by atoms with Crippen molar-refractivity contribution in [3.8, 4) is 0 Å². The van der Waals surface area contributed by atoms with Gasteiger partial charge in [0.25, 0.3) is 5.91 Å². The molecule has 0 aromatic heterocycles. The van der Waals surface area contributed by atoms with Crippen LogP contribution in [0.4, 0.5) is 11.4 Å². The zero-order valence-corrected chi connectivity index (χ0v) is 33.0. The Hall–Kier alpha value is -4.00. The number of carbonyl (C=O) groups excluding carboxylic acids is 4.